The van der Waals surface area contributed by atoms with E-state index in [0.717, 1.165) is 34.3 Å². The van der Waals surface area contributed by atoms with E-state index in [0.29, 0.717) is 5.82 Å². The SMILES string of the molecule is COc1ccc(-c2cc(NC(=O)C3Cc4cccc(Br)c4C3)n[nH]2)cc1. The second kappa shape index (κ2) is 6.96. The topological polar surface area (TPSA) is 67.0 Å². The van der Waals surface area contributed by atoms with E-state index in [4.69, 9.17) is 4.74 Å². The Morgan fingerprint density at radius 2 is 2.04 bits per heavy atom. The van der Waals surface area contributed by atoms with Crippen LogP contribution in [0.1, 0.15) is 11.1 Å². The van der Waals surface area contributed by atoms with Crippen LogP contribution in [0.25, 0.3) is 11.3 Å². The van der Waals surface area contributed by atoms with Crippen molar-refractivity contribution in [2.24, 2.45) is 5.92 Å². The van der Waals surface area contributed by atoms with Gasteiger partial charge in [-0.05, 0) is 59.9 Å². The van der Waals surface area contributed by atoms with E-state index in [1.54, 1.807) is 7.11 Å². The number of nitrogens with one attached hydrogen (secondary N) is 2. The molecule has 0 saturated heterocycles. The minimum absolute atomic E-state index is 0.000816. The molecule has 0 radical (unpaired) electrons. The van der Waals surface area contributed by atoms with Gasteiger partial charge < -0.3 is 10.1 Å². The highest BCUT2D eigenvalue weighted by Gasteiger charge is 2.29. The Hall–Kier alpha value is -2.60. The highest BCUT2D eigenvalue weighted by atomic mass is 79.9. The summed E-state index contributed by atoms with van der Waals surface area (Å²) >= 11 is 3.57. The molecule has 1 amide bonds. The molecule has 5 nitrogen and oxygen atoms in total. The summed E-state index contributed by atoms with van der Waals surface area (Å²) in [6.07, 6.45) is 1.51. The minimum Gasteiger partial charge on any atom is -0.497 e. The number of hydrogen-bond acceptors (Lipinski definition) is 3. The number of aromatic nitrogens is 2. The molecule has 0 spiro atoms. The number of amides is 1. The van der Waals surface area contributed by atoms with Crippen LogP contribution in [0.15, 0.2) is 53.0 Å². The van der Waals surface area contributed by atoms with Crippen molar-refractivity contribution < 1.29 is 9.53 Å². The fourth-order valence-electron chi connectivity index (χ4n) is 3.33. The Bertz CT molecular complexity index is 950. The Morgan fingerprint density at radius 3 is 2.77 bits per heavy atom. The number of H-pyrrole nitrogens is 1. The van der Waals surface area contributed by atoms with Gasteiger partial charge in [0, 0.05) is 16.5 Å². The Kier molecular flexibility index (Phi) is 4.51. The van der Waals surface area contributed by atoms with Gasteiger partial charge in [-0.15, -0.1) is 0 Å². The van der Waals surface area contributed by atoms with Crippen LogP contribution < -0.4 is 10.1 Å². The van der Waals surface area contributed by atoms with Crippen molar-refractivity contribution in [1.29, 1.82) is 0 Å². The molecule has 26 heavy (non-hydrogen) atoms. The van der Waals surface area contributed by atoms with Crippen molar-refractivity contribution >= 4 is 27.7 Å². The van der Waals surface area contributed by atoms with E-state index >= 15 is 0 Å². The normalized spacial score (nSPS) is 15.5. The summed E-state index contributed by atoms with van der Waals surface area (Å²) in [7, 11) is 1.64. The van der Waals surface area contributed by atoms with Crippen molar-refractivity contribution in [3.05, 3.63) is 64.1 Å². The number of aromatic amines is 1. The summed E-state index contributed by atoms with van der Waals surface area (Å²) in [6.45, 7) is 0. The van der Waals surface area contributed by atoms with Gasteiger partial charge in [0.2, 0.25) is 5.91 Å². The van der Waals surface area contributed by atoms with Crippen molar-refractivity contribution in [3.63, 3.8) is 0 Å². The summed E-state index contributed by atoms with van der Waals surface area (Å²) in [5, 5.41) is 10.1. The lowest BCUT2D eigenvalue weighted by Crippen LogP contribution is -2.23. The molecule has 2 aromatic carbocycles. The highest BCUT2D eigenvalue weighted by Crippen LogP contribution is 2.33. The second-order valence-electron chi connectivity index (χ2n) is 6.37. The zero-order chi connectivity index (χ0) is 18.1. The largest absolute Gasteiger partial charge is 0.497 e. The third kappa shape index (κ3) is 3.24. The molecule has 6 heteroatoms. The molecular weight excluding hydrogens is 394 g/mol. The number of rotatable bonds is 4. The van der Waals surface area contributed by atoms with Crippen LogP contribution in [-0.4, -0.2) is 23.2 Å². The molecule has 0 saturated carbocycles. The van der Waals surface area contributed by atoms with E-state index in [2.05, 4.69) is 37.5 Å². The summed E-state index contributed by atoms with van der Waals surface area (Å²) < 4.78 is 6.24. The van der Waals surface area contributed by atoms with Gasteiger partial charge in [-0.1, -0.05) is 28.1 Å². The van der Waals surface area contributed by atoms with Crippen molar-refractivity contribution in [2.75, 3.05) is 12.4 Å². The molecule has 1 atom stereocenters. The quantitative estimate of drug-likeness (QED) is 0.675. The Balaban J connectivity index is 1.44. The third-order valence-electron chi connectivity index (χ3n) is 4.73. The first-order valence-corrected chi connectivity index (χ1v) is 9.20. The number of ether oxygens (including phenoxy) is 1. The first-order chi connectivity index (χ1) is 12.6. The second-order valence-corrected chi connectivity index (χ2v) is 7.22. The number of anilines is 1. The predicted molar refractivity (Wildman–Crippen MR) is 104 cm³/mol. The lowest BCUT2D eigenvalue weighted by atomic mass is 10.1. The molecular formula is C20H18BrN3O2. The molecule has 1 aliphatic rings. The third-order valence-corrected chi connectivity index (χ3v) is 5.48. The van der Waals surface area contributed by atoms with Crippen LogP contribution >= 0.6 is 15.9 Å². The molecule has 1 aromatic heterocycles. The number of hydrogen-bond donors (Lipinski definition) is 2. The molecule has 1 unspecified atom stereocenters. The fourth-order valence-corrected chi connectivity index (χ4v) is 3.89. The summed E-state index contributed by atoms with van der Waals surface area (Å²) in [4.78, 5) is 12.6. The first-order valence-electron chi connectivity index (χ1n) is 8.41. The summed E-state index contributed by atoms with van der Waals surface area (Å²) in [5.74, 6) is 1.27. The number of fused-ring (bicyclic) bond motifs is 1. The van der Waals surface area contributed by atoms with E-state index in [9.17, 15) is 4.79 Å². The van der Waals surface area contributed by atoms with Crippen molar-refractivity contribution in [2.45, 2.75) is 12.8 Å². The molecule has 1 heterocycles. The maximum absolute atomic E-state index is 12.6. The highest BCUT2D eigenvalue weighted by molar-refractivity contribution is 9.10. The average molecular weight is 412 g/mol. The van der Waals surface area contributed by atoms with Crippen LogP contribution in [-0.2, 0) is 17.6 Å². The van der Waals surface area contributed by atoms with Gasteiger partial charge in [-0.2, -0.15) is 5.10 Å². The van der Waals surface area contributed by atoms with Crippen molar-refractivity contribution in [1.82, 2.24) is 10.2 Å². The van der Waals surface area contributed by atoms with Gasteiger partial charge in [-0.3, -0.25) is 9.89 Å². The fraction of sp³-hybridized carbons (Fsp3) is 0.200. The zero-order valence-electron chi connectivity index (χ0n) is 14.3. The van der Waals surface area contributed by atoms with E-state index in [-0.39, 0.29) is 11.8 Å². The van der Waals surface area contributed by atoms with E-state index < -0.39 is 0 Å². The molecule has 2 N–H and O–H groups in total. The predicted octanol–water partition coefficient (Wildman–Crippen LogP) is 4.20. The molecule has 4 rings (SSSR count). The first kappa shape index (κ1) is 16.8. The Morgan fingerprint density at radius 1 is 1.23 bits per heavy atom. The van der Waals surface area contributed by atoms with Crippen LogP contribution in [0.5, 0.6) is 5.75 Å². The van der Waals surface area contributed by atoms with Gasteiger partial charge >= 0.3 is 0 Å². The summed E-state index contributed by atoms with van der Waals surface area (Å²) in [5.41, 5.74) is 4.30. The minimum atomic E-state index is -0.0650. The number of methoxy groups -OCH3 is 1. The molecule has 3 aromatic rings. The Labute approximate surface area is 159 Å². The van der Waals surface area contributed by atoms with Crippen LogP contribution in [0, 0.1) is 5.92 Å². The summed E-state index contributed by atoms with van der Waals surface area (Å²) in [6, 6.07) is 15.6. The van der Waals surface area contributed by atoms with E-state index in [1.807, 2.05) is 42.5 Å². The molecule has 0 bridgehead atoms. The molecule has 0 fully saturated rings. The van der Waals surface area contributed by atoms with Gasteiger partial charge in [0.05, 0.1) is 12.8 Å². The van der Waals surface area contributed by atoms with E-state index in [1.165, 1.54) is 11.1 Å². The monoisotopic (exact) mass is 411 g/mol. The van der Waals surface area contributed by atoms with Crippen LogP contribution in [0.4, 0.5) is 5.82 Å². The number of carbonyl (C=O) groups is 1. The number of carbonyl (C=O) groups excluding carboxylic acids is 1. The van der Waals surface area contributed by atoms with Crippen molar-refractivity contribution in [3.8, 4) is 17.0 Å². The smallest absolute Gasteiger partial charge is 0.229 e. The van der Waals surface area contributed by atoms with Crippen LogP contribution in [0.2, 0.25) is 0 Å². The van der Waals surface area contributed by atoms with Gasteiger partial charge in [0.1, 0.15) is 5.75 Å². The van der Waals surface area contributed by atoms with Gasteiger partial charge in [0.25, 0.3) is 0 Å². The number of nitrogens with zero attached hydrogens (tertiary/aromatic N) is 1. The maximum atomic E-state index is 12.6. The zero-order valence-corrected chi connectivity index (χ0v) is 15.8. The standard InChI is InChI=1S/C20H18BrN3O2/c1-26-15-7-5-12(6-8-15)18-11-19(24-23-18)22-20(25)14-9-13-3-2-4-17(21)16(13)10-14/h2-8,11,14H,9-10H2,1H3,(H2,22,23,24,25). The van der Waals surface area contributed by atoms with Crippen LogP contribution in [0.3, 0.4) is 0 Å². The lowest BCUT2D eigenvalue weighted by molar-refractivity contribution is -0.119. The molecule has 1 aliphatic carbocycles. The van der Waals surface area contributed by atoms with Gasteiger partial charge in [-0.25, -0.2) is 0 Å². The molecule has 132 valence electrons. The maximum Gasteiger partial charge on any atom is 0.229 e. The van der Waals surface area contributed by atoms with Gasteiger partial charge in [0.15, 0.2) is 5.82 Å². The lowest BCUT2D eigenvalue weighted by Gasteiger charge is -2.08. The molecule has 0 aliphatic heterocycles. The number of benzene rings is 2. The average Bonchev–Trinajstić information content (AvgIpc) is 3.29. The number of halogens is 1.